The Bertz CT molecular complexity index is 492. The highest BCUT2D eigenvalue weighted by Crippen LogP contribution is 2.10. The maximum Gasteiger partial charge on any atom is 0.122 e. The zero-order valence-electron chi connectivity index (χ0n) is 12.4. The summed E-state index contributed by atoms with van der Waals surface area (Å²) in [5.74, 6) is 1.11. The summed E-state index contributed by atoms with van der Waals surface area (Å²) < 4.78 is 2.17. The molecule has 20 heavy (non-hydrogen) atoms. The van der Waals surface area contributed by atoms with Gasteiger partial charge in [0.15, 0.2) is 0 Å². The minimum Gasteiger partial charge on any atom is -0.375 e. The van der Waals surface area contributed by atoms with Crippen molar-refractivity contribution in [3.63, 3.8) is 0 Å². The van der Waals surface area contributed by atoms with Crippen LogP contribution in [0.25, 0.3) is 0 Å². The first-order chi connectivity index (χ1) is 9.81. The van der Waals surface area contributed by atoms with Crippen LogP contribution in [0.5, 0.6) is 0 Å². The van der Waals surface area contributed by atoms with Crippen molar-refractivity contribution >= 4 is 5.69 Å². The summed E-state index contributed by atoms with van der Waals surface area (Å²) in [6.07, 6.45) is 5.02. The Morgan fingerprint density at radius 2 is 2.05 bits per heavy atom. The van der Waals surface area contributed by atoms with E-state index in [4.69, 9.17) is 0 Å². The average Bonchev–Trinajstić information content (AvgIpc) is 2.95. The molecule has 0 aliphatic rings. The van der Waals surface area contributed by atoms with Gasteiger partial charge in [-0.2, -0.15) is 0 Å². The van der Waals surface area contributed by atoms with Gasteiger partial charge in [0, 0.05) is 38.2 Å². The lowest BCUT2D eigenvalue weighted by Crippen LogP contribution is -2.24. The van der Waals surface area contributed by atoms with E-state index in [1.807, 2.05) is 12.4 Å². The summed E-state index contributed by atoms with van der Waals surface area (Å²) in [5.41, 5.74) is 1.27. The van der Waals surface area contributed by atoms with E-state index in [9.17, 15) is 0 Å². The maximum atomic E-state index is 4.36. The molecule has 108 valence electrons. The average molecular weight is 272 g/mol. The first kappa shape index (κ1) is 14.6. The zero-order valence-corrected chi connectivity index (χ0v) is 12.4. The molecule has 0 aliphatic carbocycles. The van der Waals surface area contributed by atoms with Gasteiger partial charge < -0.3 is 14.8 Å². The predicted molar refractivity (Wildman–Crippen MR) is 83.9 cm³/mol. The van der Waals surface area contributed by atoms with Gasteiger partial charge >= 0.3 is 0 Å². The highest BCUT2D eigenvalue weighted by molar-refractivity contribution is 5.44. The number of anilines is 1. The monoisotopic (exact) mass is 272 g/mol. The Labute approximate surface area is 121 Å². The molecule has 0 bridgehead atoms. The van der Waals surface area contributed by atoms with Crippen LogP contribution in [0.2, 0.25) is 0 Å². The maximum absolute atomic E-state index is 4.36. The third-order valence-corrected chi connectivity index (χ3v) is 3.47. The second-order valence-corrected chi connectivity index (χ2v) is 4.92. The lowest BCUT2D eigenvalue weighted by atomic mass is 10.3. The lowest BCUT2D eigenvalue weighted by Gasteiger charge is -2.19. The zero-order chi connectivity index (χ0) is 14.2. The van der Waals surface area contributed by atoms with Gasteiger partial charge in [0.1, 0.15) is 5.82 Å². The molecule has 0 saturated heterocycles. The van der Waals surface area contributed by atoms with E-state index >= 15 is 0 Å². The summed E-state index contributed by atoms with van der Waals surface area (Å²) >= 11 is 0. The Morgan fingerprint density at radius 1 is 1.25 bits per heavy atom. The third kappa shape index (κ3) is 4.10. The second kappa shape index (κ2) is 7.70. The van der Waals surface area contributed by atoms with Gasteiger partial charge in [0.2, 0.25) is 0 Å². The second-order valence-electron chi connectivity index (χ2n) is 4.92. The number of nitrogens with one attached hydrogen (secondary N) is 1. The highest BCUT2D eigenvalue weighted by Gasteiger charge is 2.01. The number of nitrogens with zero attached hydrogens (tertiary/aromatic N) is 3. The number of aryl methyl sites for hydroxylation is 1. The molecule has 0 atom stereocenters. The van der Waals surface area contributed by atoms with Gasteiger partial charge in [-0.1, -0.05) is 18.2 Å². The lowest BCUT2D eigenvalue weighted by molar-refractivity contribution is 0.595. The number of para-hydroxylation sites is 1. The van der Waals surface area contributed by atoms with Crippen molar-refractivity contribution < 1.29 is 0 Å². The van der Waals surface area contributed by atoms with Crippen LogP contribution in [0.15, 0.2) is 42.7 Å². The van der Waals surface area contributed by atoms with Crippen LogP contribution in [-0.2, 0) is 13.1 Å². The molecule has 4 nitrogen and oxygen atoms in total. The molecule has 1 aromatic heterocycles. The van der Waals surface area contributed by atoms with Crippen molar-refractivity contribution in [1.29, 1.82) is 0 Å². The van der Waals surface area contributed by atoms with Crippen molar-refractivity contribution in [1.82, 2.24) is 14.9 Å². The molecule has 0 amide bonds. The van der Waals surface area contributed by atoms with Crippen molar-refractivity contribution in [2.45, 2.75) is 26.4 Å². The Morgan fingerprint density at radius 3 is 2.80 bits per heavy atom. The molecule has 1 N–H and O–H groups in total. The minimum absolute atomic E-state index is 0.843. The number of hydrogen-bond acceptors (Lipinski definition) is 3. The van der Waals surface area contributed by atoms with Gasteiger partial charge in [-0.25, -0.2) is 4.98 Å². The molecule has 2 rings (SSSR count). The van der Waals surface area contributed by atoms with Crippen molar-refractivity contribution in [3.8, 4) is 0 Å². The molecule has 1 aromatic carbocycles. The Kier molecular flexibility index (Phi) is 5.62. The quantitative estimate of drug-likeness (QED) is 0.750. The molecule has 0 spiro atoms. The fraction of sp³-hybridized carbons (Fsp3) is 0.438. The SMILES string of the molecule is CCn1ccnc1CNCCCN(C)c1ccccc1. The molecular formula is C16H24N4. The summed E-state index contributed by atoms with van der Waals surface area (Å²) in [6, 6.07) is 10.5. The number of imidazole rings is 1. The molecule has 0 fully saturated rings. The fourth-order valence-corrected chi connectivity index (χ4v) is 2.25. The van der Waals surface area contributed by atoms with Crippen LogP contribution in [-0.4, -0.2) is 29.7 Å². The van der Waals surface area contributed by atoms with Crippen LogP contribution < -0.4 is 10.2 Å². The van der Waals surface area contributed by atoms with E-state index < -0.39 is 0 Å². The normalized spacial score (nSPS) is 10.7. The molecular weight excluding hydrogens is 248 g/mol. The van der Waals surface area contributed by atoms with Crippen LogP contribution >= 0.6 is 0 Å². The Balaban J connectivity index is 1.65. The van der Waals surface area contributed by atoms with Crippen LogP contribution in [0.4, 0.5) is 5.69 Å². The molecule has 0 saturated carbocycles. The van der Waals surface area contributed by atoms with Crippen LogP contribution in [0.3, 0.4) is 0 Å². The van der Waals surface area contributed by atoms with E-state index in [0.29, 0.717) is 0 Å². The summed E-state index contributed by atoms with van der Waals surface area (Å²) in [4.78, 5) is 6.64. The standard InChI is InChI=1S/C16H24N4/c1-3-20-13-11-18-16(20)14-17-10-7-12-19(2)15-8-5-4-6-9-15/h4-6,8-9,11,13,17H,3,7,10,12,14H2,1-2H3. The van der Waals surface area contributed by atoms with Crippen molar-refractivity contribution in [2.24, 2.45) is 0 Å². The smallest absolute Gasteiger partial charge is 0.122 e. The first-order valence-corrected chi connectivity index (χ1v) is 7.28. The molecule has 2 aromatic rings. The van der Waals surface area contributed by atoms with Crippen molar-refractivity contribution in [2.75, 3.05) is 25.0 Å². The van der Waals surface area contributed by atoms with Gasteiger partial charge in [-0.15, -0.1) is 0 Å². The van der Waals surface area contributed by atoms with E-state index in [2.05, 4.69) is 64.1 Å². The van der Waals surface area contributed by atoms with Crippen LogP contribution in [0.1, 0.15) is 19.2 Å². The summed E-state index contributed by atoms with van der Waals surface area (Å²) in [6.45, 7) is 6.02. The molecule has 0 aliphatic heterocycles. The molecule has 1 heterocycles. The number of hydrogen-bond donors (Lipinski definition) is 1. The largest absolute Gasteiger partial charge is 0.375 e. The number of aromatic nitrogens is 2. The van der Waals surface area contributed by atoms with Gasteiger partial charge in [-0.05, 0) is 32.0 Å². The Hall–Kier alpha value is -1.81. The number of rotatable bonds is 8. The van der Waals surface area contributed by atoms with Gasteiger partial charge in [0.25, 0.3) is 0 Å². The van der Waals surface area contributed by atoms with Gasteiger partial charge in [-0.3, -0.25) is 0 Å². The van der Waals surface area contributed by atoms with E-state index in [-0.39, 0.29) is 0 Å². The van der Waals surface area contributed by atoms with E-state index in [1.165, 1.54) is 5.69 Å². The summed E-state index contributed by atoms with van der Waals surface area (Å²) in [7, 11) is 2.14. The predicted octanol–water partition coefficient (Wildman–Crippen LogP) is 2.52. The molecule has 4 heteroatoms. The third-order valence-electron chi connectivity index (χ3n) is 3.47. The van der Waals surface area contributed by atoms with Crippen molar-refractivity contribution in [3.05, 3.63) is 48.5 Å². The minimum atomic E-state index is 0.843. The molecule has 0 radical (unpaired) electrons. The first-order valence-electron chi connectivity index (χ1n) is 7.28. The van der Waals surface area contributed by atoms with E-state index in [0.717, 1.165) is 38.4 Å². The highest BCUT2D eigenvalue weighted by atomic mass is 15.1. The van der Waals surface area contributed by atoms with E-state index in [1.54, 1.807) is 0 Å². The fourth-order valence-electron chi connectivity index (χ4n) is 2.25. The molecule has 0 unspecified atom stereocenters. The number of benzene rings is 1. The summed E-state index contributed by atoms with van der Waals surface area (Å²) in [5, 5.41) is 3.46. The van der Waals surface area contributed by atoms with Crippen LogP contribution in [0, 0.1) is 0 Å². The van der Waals surface area contributed by atoms with Gasteiger partial charge in [0.05, 0.1) is 6.54 Å². The topological polar surface area (TPSA) is 33.1 Å².